The Morgan fingerprint density at radius 3 is 2.56 bits per heavy atom. The molecule has 1 aromatic carbocycles. The van der Waals surface area contributed by atoms with Crippen molar-refractivity contribution in [3.8, 4) is 0 Å². The Kier molecular flexibility index (Phi) is 8.74. The fraction of sp³-hybridized carbons (Fsp3) is 0.423. The Hall–Kier alpha value is -3.29. The maximum atomic E-state index is 12.3. The summed E-state index contributed by atoms with van der Waals surface area (Å²) >= 11 is 0. The summed E-state index contributed by atoms with van der Waals surface area (Å²) in [5.41, 5.74) is 5.07. The number of aryl methyl sites for hydroxylation is 1. The van der Waals surface area contributed by atoms with Gasteiger partial charge in [-0.3, -0.25) is 14.6 Å². The summed E-state index contributed by atoms with van der Waals surface area (Å²) in [5, 5.41) is 15.0. The fourth-order valence-corrected chi connectivity index (χ4v) is 4.14. The molecule has 0 bridgehead atoms. The van der Waals surface area contributed by atoms with Crippen molar-refractivity contribution in [2.45, 2.75) is 58.9 Å². The van der Waals surface area contributed by atoms with Crippen LogP contribution in [0.4, 0.5) is 5.69 Å². The molecule has 0 fully saturated rings. The van der Waals surface area contributed by atoms with Crippen LogP contribution >= 0.6 is 0 Å². The number of hydrogen-bond donors (Lipinski definition) is 3. The Morgan fingerprint density at radius 2 is 1.88 bits per heavy atom. The normalized spacial score (nSPS) is 12.9. The maximum absolute atomic E-state index is 12.3. The van der Waals surface area contributed by atoms with E-state index in [1.807, 2.05) is 32.1 Å². The summed E-state index contributed by atoms with van der Waals surface area (Å²) in [6.45, 7) is 6.61. The summed E-state index contributed by atoms with van der Waals surface area (Å²) in [6, 6.07) is 11.1. The molecular formula is C26H34BN3O4. The predicted octanol–water partition coefficient (Wildman–Crippen LogP) is 3.97. The zero-order valence-corrected chi connectivity index (χ0v) is 20.5. The number of hydrogen-bond acceptors (Lipinski definition) is 5. The molecule has 2 aromatic heterocycles. The lowest BCUT2D eigenvalue weighted by atomic mass is 9.91. The Morgan fingerprint density at radius 1 is 1.15 bits per heavy atom. The van der Waals surface area contributed by atoms with Crippen LogP contribution in [0.15, 0.2) is 40.8 Å². The van der Waals surface area contributed by atoms with Crippen LogP contribution in [0.3, 0.4) is 0 Å². The third-order valence-corrected chi connectivity index (χ3v) is 6.15. The summed E-state index contributed by atoms with van der Waals surface area (Å²) in [7, 11) is 1.98. The number of fused-ring (bicyclic) bond motifs is 1. The number of aromatic nitrogens is 1. The average Bonchev–Trinajstić information content (AvgIpc) is 3.13. The van der Waals surface area contributed by atoms with Gasteiger partial charge in [0.25, 0.3) is 5.91 Å². The van der Waals surface area contributed by atoms with Gasteiger partial charge >= 0.3 is 5.97 Å². The zero-order valence-electron chi connectivity index (χ0n) is 20.5. The third kappa shape index (κ3) is 6.40. The third-order valence-electron chi connectivity index (χ3n) is 6.15. The number of nitrogens with zero attached hydrogens (tertiary/aromatic N) is 1. The number of carboxylic acid groups (broad SMARTS) is 1. The summed E-state index contributed by atoms with van der Waals surface area (Å²) in [6.07, 6.45) is 4.49. The van der Waals surface area contributed by atoms with E-state index in [0.717, 1.165) is 46.5 Å². The second-order valence-corrected chi connectivity index (χ2v) is 8.96. The topological polar surface area (TPSA) is 104 Å². The first kappa shape index (κ1) is 25.3. The Bertz CT molecular complexity index is 1130. The molecule has 0 saturated heterocycles. The molecule has 0 saturated carbocycles. The molecule has 0 aliphatic rings. The van der Waals surface area contributed by atoms with Gasteiger partial charge in [0.1, 0.15) is 11.3 Å². The smallest absolute Gasteiger partial charge is 0.305 e. The molecule has 2 unspecified atom stereocenters. The predicted molar refractivity (Wildman–Crippen MR) is 138 cm³/mol. The second kappa shape index (κ2) is 11.7. The number of carbonyl (C=O) groups excluding carboxylic acids is 1. The Labute approximate surface area is 201 Å². The van der Waals surface area contributed by atoms with E-state index in [4.69, 9.17) is 9.52 Å². The van der Waals surface area contributed by atoms with Gasteiger partial charge < -0.3 is 20.2 Å². The van der Waals surface area contributed by atoms with Gasteiger partial charge in [-0.15, -0.1) is 0 Å². The quantitative estimate of drug-likeness (QED) is 0.277. The average molecular weight is 463 g/mol. The number of rotatable bonds is 12. The zero-order chi connectivity index (χ0) is 24.7. The van der Waals surface area contributed by atoms with Gasteiger partial charge in [-0.2, -0.15) is 0 Å². The number of carbonyl (C=O) groups is 2. The molecule has 3 aromatic rings. The first-order valence-electron chi connectivity index (χ1n) is 12.0. The van der Waals surface area contributed by atoms with Gasteiger partial charge in [0.05, 0.1) is 12.5 Å². The fourth-order valence-electron chi connectivity index (χ4n) is 4.14. The first-order valence-corrected chi connectivity index (χ1v) is 12.0. The van der Waals surface area contributed by atoms with Crippen molar-refractivity contribution in [1.29, 1.82) is 0 Å². The van der Waals surface area contributed by atoms with Crippen molar-refractivity contribution in [3.63, 3.8) is 0 Å². The van der Waals surface area contributed by atoms with Crippen LogP contribution in [0.5, 0.6) is 0 Å². The number of furan rings is 1. The van der Waals surface area contributed by atoms with Crippen LogP contribution in [0.2, 0.25) is 0 Å². The van der Waals surface area contributed by atoms with E-state index in [1.165, 1.54) is 12.8 Å². The SMILES string of the molecule is Bc1ccc2oc(C(Nc3ccc(C(=O)NCCC(=O)O)cc3)C(C)CCCCC)c(C)c2n1. The highest BCUT2D eigenvalue weighted by molar-refractivity contribution is 6.31. The molecule has 2 atom stereocenters. The van der Waals surface area contributed by atoms with E-state index in [-0.39, 0.29) is 24.9 Å². The number of benzene rings is 1. The van der Waals surface area contributed by atoms with Crippen LogP contribution in [0.1, 0.15) is 73.7 Å². The molecule has 0 spiro atoms. The molecule has 0 aliphatic carbocycles. The van der Waals surface area contributed by atoms with E-state index in [1.54, 1.807) is 12.1 Å². The van der Waals surface area contributed by atoms with Gasteiger partial charge in [-0.1, -0.05) is 33.1 Å². The van der Waals surface area contributed by atoms with Crippen molar-refractivity contribution in [1.82, 2.24) is 10.3 Å². The highest BCUT2D eigenvalue weighted by Crippen LogP contribution is 2.36. The molecule has 3 N–H and O–H groups in total. The molecule has 7 nitrogen and oxygen atoms in total. The summed E-state index contributed by atoms with van der Waals surface area (Å²) < 4.78 is 6.30. The number of anilines is 1. The van der Waals surface area contributed by atoms with Crippen molar-refractivity contribution in [2.24, 2.45) is 5.92 Å². The Balaban J connectivity index is 1.81. The minimum atomic E-state index is -0.940. The maximum Gasteiger partial charge on any atom is 0.305 e. The van der Waals surface area contributed by atoms with Gasteiger partial charge in [0.15, 0.2) is 13.4 Å². The van der Waals surface area contributed by atoms with Crippen molar-refractivity contribution in [3.05, 3.63) is 53.3 Å². The van der Waals surface area contributed by atoms with Crippen LogP contribution in [0.25, 0.3) is 11.1 Å². The van der Waals surface area contributed by atoms with Crippen LogP contribution < -0.4 is 16.2 Å². The number of pyridine rings is 1. The van der Waals surface area contributed by atoms with Crippen LogP contribution in [0, 0.1) is 12.8 Å². The minimum absolute atomic E-state index is 0.0402. The lowest BCUT2D eigenvalue weighted by Crippen LogP contribution is -2.26. The standard InChI is InChI=1S/C26H34BN3O4/c1-4-5-6-7-16(2)23(25-17(3)24-20(34-25)12-13-21(27)30-24)29-19-10-8-18(9-11-19)26(33)28-15-14-22(31)32/h8-13,16,23,29H,4-7,14-15,27H2,1-3H3,(H,28,33)(H,31,32). The van der Waals surface area contributed by atoms with Gasteiger partial charge in [0.2, 0.25) is 0 Å². The molecule has 0 aliphatic heterocycles. The molecule has 34 heavy (non-hydrogen) atoms. The molecular weight excluding hydrogens is 429 g/mol. The largest absolute Gasteiger partial charge is 0.481 e. The van der Waals surface area contributed by atoms with E-state index in [2.05, 4.69) is 36.4 Å². The van der Waals surface area contributed by atoms with E-state index in [0.29, 0.717) is 11.5 Å². The van der Waals surface area contributed by atoms with E-state index >= 15 is 0 Å². The molecule has 0 radical (unpaired) electrons. The van der Waals surface area contributed by atoms with Gasteiger partial charge in [-0.05, 0) is 61.3 Å². The minimum Gasteiger partial charge on any atom is -0.481 e. The van der Waals surface area contributed by atoms with Gasteiger partial charge in [-0.25, -0.2) is 0 Å². The number of aliphatic carboxylic acids is 1. The molecule has 180 valence electrons. The van der Waals surface area contributed by atoms with Crippen molar-refractivity contribution < 1.29 is 19.1 Å². The van der Waals surface area contributed by atoms with Crippen LogP contribution in [-0.4, -0.2) is 36.4 Å². The molecule has 1 amide bonds. The number of nitrogens with one attached hydrogen (secondary N) is 2. The lowest BCUT2D eigenvalue weighted by Gasteiger charge is -2.25. The highest BCUT2D eigenvalue weighted by Gasteiger charge is 2.26. The summed E-state index contributed by atoms with van der Waals surface area (Å²) in [5.74, 6) is -0.00413. The van der Waals surface area contributed by atoms with Gasteiger partial charge in [0, 0.05) is 23.4 Å². The lowest BCUT2D eigenvalue weighted by molar-refractivity contribution is -0.136. The molecule has 2 heterocycles. The van der Waals surface area contributed by atoms with Crippen molar-refractivity contribution in [2.75, 3.05) is 11.9 Å². The molecule has 8 heteroatoms. The number of carboxylic acids is 1. The molecule has 3 rings (SSSR count). The number of unbranched alkanes of at least 4 members (excludes halogenated alkanes) is 2. The number of amides is 1. The van der Waals surface area contributed by atoms with E-state index in [9.17, 15) is 9.59 Å². The van der Waals surface area contributed by atoms with Crippen LogP contribution in [-0.2, 0) is 4.79 Å². The second-order valence-electron chi connectivity index (χ2n) is 8.96. The first-order chi connectivity index (χ1) is 16.3. The monoisotopic (exact) mass is 463 g/mol. The summed E-state index contributed by atoms with van der Waals surface area (Å²) in [4.78, 5) is 27.6. The van der Waals surface area contributed by atoms with E-state index < -0.39 is 5.97 Å². The van der Waals surface area contributed by atoms with Crippen molar-refractivity contribution >= 4 is 42.1 Å². The highest BCUT2D eigenvalue weighted by atomic mass is 16.4.